The Kier molecular flexibility index (Phi) is 9.93. The molecule has 0 spiro atoms. The minimum absolute atomic E-state index is 0.103. The zero-order chi connectivity index (χ0) is 16.2. The zero-order valence-corrected chi connectivity index (χ0v) is 14.4. The topological polar surface area (TPSA) is 46.6 Å². The summed E-state index contributed by atoms with van der Waals surface area (Å²) < 4.78 is 4.72. The Morgan fingerprint density at radius 1 is 1.05 bits per heavy atom. The van der Waals surface area contributed by atoms with E-state index in [1.54, 1.807) is 0 Å². The predicted octanol–water partition coefficient (Wildman–Crippen LogP) is 3.93. The molecule has 1 heterocycles. The summed E-state index contributed by atoms with van der Waals surface area (Å²) >= 11 is 0. The Morgan fingerprint density at radius 3 is 2.14 bits per heavy atom. The van der Waals surface area contributed by atoms with Gasteiger partial charge in [-0.05, 0) is 6.42 Å². The van der Waals surface area contributed by atoms with Crippen LogP contribution in [-0.4, -0.2) is 37.0 Å². The van der Waals surface area contributed by atoms with Gasteiger partial charge >= 0.3 is 5.97 Å². The number of rotatable bonds is 12. The van der Waals surface area contributed by atoms with Crippen LogP contribution in [-0.2, 0) is 14.3 Å². The fourth-order valence-electron chi connectivity index (χ4n) is 3.10. The largest absolute Gasteiger partial charge is 0.469 e. The highest BCUT2D eigenvalue weighted by atomic mass is 16.5. The van der Waals surface area contributed by atoms with Crippen molar-refractivity contribution in [2.75, 3.05) is 20.2 Å². The van der Waals surface area contributed by atoms with Gasteiger partial charge in [0, 0.05) is 19.5 Å². The smallest absolute Gasteiger partial charge is 0.310 e. The van der Waals surface area contributed by atoms with Crippen LogP contribution in [0.25, 0.3) is 0 Å². The Labute approximate surface area is 135 Å². The molecule has 0 N–H and O–H groups in total. The third kappa shape index (κ3) is 7.28. The molecule has 0 aromatic heterocycles. The van der Waals surface area contributed by atoms with E-state index in [0.717, 1.165) is 13.0 Å². The van der Waals surface area contributed by atoms with Crippen LogP contribution in [0, 0.1) is 5.92 Å². The van der Waals surface area contributed by atoms with Crippen molar-refractivity contribution in [1.29, 1.82) is 0 Å². The first-order chi connectivity index (χ1) is 10.7. The molecule has 1 aliphatic rings. The Hall–Kier alpha value is -1.06. The van der Waals surface area contributed by atoms with E-state index >= 15 is 0 Å². The average molecular weight is 311 g/mol. The monoisotopic (exact) mass is 311 g/mol. The first-order valence-electron chi connectivity index (χ1n) is 9.04. The van der Waals surface area contributed by atoms with Gasteiger partial charge in [0.1, 0.15) is 0 Å². The lowest BCUT2D eigenvalue weighted by molar-refractivity contribution is -0.145. The second-order valence-corrected chi connectivity index (χ2v) is 6.45. The van der Waals surface area contributed by atoms with Crippen LogP contribution in [0.1, 0.15) is 77.6 Å². The van der Waals surface area contributed by atoms with E-state index in [9.17, 15) is 9.59 Å². The maximum atomic E-state index is 11.8. The van der Waals surface area contributed by atoms with Crippen molar-refractivity contribution in [2.45, 2.75) is 77.6 Å². The van der Waals surface area contributed by atoms with Gasteiger partial charge in [-0.25, -0.2) is 0 Å². The van der Waals surface area contributed by atoms with Crippen molar-refractivity contribution in [1.82, 2.24) is 4.90 Å². The normalized spacial score (nSPS) is 18.0. The molecular weight excluding hydrogens is 278 g/mol. The molecule has 1 amide bonds. The molecular formula is C18H33NO3. The molecule has 4 heteroatoms. The van der Waals surface area contributed by atoms with E-state index in [1.807, 2.05) is 4.90 Å². The third-order valence-corrected chi connectivity index (χ3v) is 4.53. The van der Waals surface area contributed by atoms with Gasteiger partial charge in [-0.15, -0.1) is 0 Å². The molecule has 0 aromatic carbocycles. The number of amides is 1. The lowest BCUT2D eigenvalue weighted by Gasteiger charge is -2.15. The highest BCUT2D eigenvalue weighted by Crippen LogP contribution is 2.20. The number of unbranched alkanes of at least 4 members (excludes halogenated alkanes) is 9. The highest BCUT2D eigenvalue weighted by molar-refractivity contribution is 5.86. The van der Waals surface area contributed by atoms with Crippen LogP contribution >= 0.6 is 0 Å². The van der Waals surface area contributed by atoms with E-state index < -0.39 is 0 Å². The summed E-state index contributed by atoms with van der Waals surface area (Å²) in [7, 11) is 1.39. The number of methoxy groups -OCH3 is 1. The van der Waals surface area contributed by atoms with Gasteiger partial charge in [-0.2, -0.15) is 0 Å². The lowest BCUT2D eigenvalue weighted by atomic mass is 10.1. The van der Waals surface area contributed by atoms with Crippen molar-refractivity contribution < 1.29 is 14.3 Å². The minimum atomic E-state index is -0.251. The van der Waals surface area contributed by atoms with Crippen molar-refractivity contribution in [3.05, 3.63) is 0 Å². The van der Waals surface area contributed by atoms with Crippen molar-refractivity contribution in [2.24, 2.45) is 5.92 Å². The molecule has 0 aliphatic carbocycles. The molecule has 128 valence electrons. The number of hydrogen-bond acceptors (Lipinski definition) is 3. The molecule has 0 saturated carbocycles. The molecule has 1 atom stereocenters. The molecule has 1 fully saturated rings. The standard InChI is InChI=1S/C18H33NO3/c1-3-4-5-6-7-8-9-10-11-12-13-19-15-16(14-17(19)20)18(21)22-2/h16H,3-15H2,1-2H3/t16-/m0/s1. The Morgan fingerprint density at radius 2 is 1.59 bits per heavy atom. The molecule has 1 rings (SSSR count). The Balaban J connectivity index is 1.96. The van der Waals surface area contributed by atoms with Crippen LogP contribution in [0.2, 0.25) is 0 Å². The van der Waals surface area contributed by atoms with Gasteiger partial charge in [0.05, 0.1) is 13.0 Å². The van der Waals surface area contributed by atoms with E-state index in [1.165, 1.54) is 64.9 Å². The lowest BCUT2D eigenvalue weighted by Crippen LogP contribution is -2.27. The summed E-state index contributed by atoms with van der Waals surface area (Å²) in [5.41, 5.74) is 0. The van der Waals surface area contributed by atoms with Crippen molar-refractivity contribution >= 4 is 11.9 Å². The molecule has 0 aromatic rings. The van der Waals surface area contributed by atoms with Crippen LogP contribution in [0.4, 0.5) is 0 Å². The predicted molar refractivity (Wildman–Crippen MR) is 88.5 cm³/mol. The van der Waals surface area contributed by atoms with Crippen LogP contribution in [0.3, 0.4) is 0 Å². The SMILES string of the molecule is CCCCCCCCCCCCN1C[C@@H](C(=O)OC)CC1=O. The van der Waals surface area contributed by atoms with E-state index in [0.29, 0.717) is 13.0 Å². The number of ether oxygens (including phenoxy) is 1. The third-order valence-electron chi connectivity index (χ3n) is 4.53. The summed E-state index contributed by atoms with van der Waals surface area (Å²) in [5, 5.41) is 0. The molecule has 1 saturated heterocycles. The number of esters is 1. The fourth-order valence-corrected chi connectivity index (χ4v) is 3.10. The van der Waals surface area contributed by atoms with Gasteiger partial charge in [-0.3, -0.25) is 9.59 Å². The van der Waals surface area contributed by atoms with Gasteiger partial charge in [0.2, 0.25) is 5.91 Å². The number of likely N-dealkylation sites (tertiary alicyclic amines) is 1. The second-order valence-electron chi connectivity index (χ2n) is 6.45. The number of carbonyl (C=O) groups is 2. The Bertz CT molecular complexity index is 330. The quantitative estimate of drug-likeness (QED) is 0.405. The van der Waals surface area contributed by atoms with Gasteiger partial charge < -0.3 is 9.64 Å². The van der Waals surface area contributed by atoms with Crippen LogP contribution in [0.15, 0.2) is 0 Å². The van der Waals surface area contributed by atoms with Gasteiger partial charge in [0.25, 0.3) is 0 Å². The summed E-state index contributed by atoms with van der Waals surface area (Å²) in [6.07, 6.45) is 13.3. The highest BCUT2D eigenvalue weighted by Gasteiger charge is 2.34. The van der Waals surface area contributed by atoms with E-state index in [4.69, 9.17) is 4.74 Å². The minimum Gasteiger partial charge on any atom is -0.469 e. The zero-order valence-electron chi connectivity index (χ0n) is 14.4. The molecule has 4 nitrogen and oxygen atoms in total. The summed E-state index contributed by atoms with van der Waals surface area (Å²) in [5.74, 6) is -0.397. The van der Waals surface area contributed by atoms with Gasteiger partial charge in [-0.1, -0.05) is 64.7 Å². The molecule has 0 bridgehead atoms. The average Bonchev–Trinajstić information content (AvgIpc) is 2.89. The van der Waals surface area contributed by atoms with Crippen LogP contribution < -0.4 is 0 Å². The maximum absolute atomic E-state index is 11.8. The summed E-state index contributed by atoms with van der Waals surface area (Å²) in [6, 6.07) is 0. The number of nitrogens with zero attached hydrogens (tertiary/aromatic N) is 1. The van der Waals surface area contributed by atoms with Gasteiger partial charge in [0.15, 0.2) is 0 Å². The molecule has 0 radical (unpaired) electrons. The van der Waals surface area contributed by atoms with E-state index in [2.05, 4.69) is 6.92 Å². The molecule has 1 aliphatic heterocycles. The summed E-state index contributed by atoms with van der Waals surface area (Å²) in [4.78, 5) is 25.1. The molecule has 0 unspecified atom stereocenters. The number of hydrogen-bond donors (Lipinski definition) is 0. The number of carbonyl (C=O) groups excluding carboxylic acids is 2. The first kappa shape index (κ1) is 19.0. The maximum Gasteiger partial charge on any atom is 0.310 e. The van der Waals surface area contributed by atoms with Crippen molar-refractivity contribution in [3.63, 3.8) is 0 Å². The van der Waals surface area contributed by atoms with Crippen molar-refractivity contribution in [3.8, 4) is 0 Å². The second kappa shape index (κ2) is 11.5. The fraction of sp³-hybridized carbons (Fsp3) is 0.889. The summed E-state index contributed by atoms with van der Waals surface area (Å²) in [6.45, 7) is 3.59. The first-order valence-corrected chi connectivity index (χ1v) is 9.04. The van der Waals surface area contributed by atoms with Crippen LogP contribution in [0.5, 0.6) is 0 Å². The molecule has 22 heavy (non-hydrogen) atoms. The van der Waals surface area contributed by atoms with E-state index in [-0.39, 0.29) is 17.8 Å².